The molecule has 0 radical (unpaired) electrons. The lowest BCUT2D eigenvalue weighted by molar-refractivity contribution is 0.262. The van der Waals surface area contributed by atoms with Crippen LogP contribution in [0.25, 0.3) is 21.5 Å². The normalized spacial score (nSPS) is 12.3. The molecule has 0 aromatic heterocycles. The molecule has 0 fully saturated rings. The summed E-state index contributed by atoms with van der Waals surface area (Å²) < 4.78 is 126. The van der Waals surface area contributed by atoms with Crippen LogP contribution in [-0.2, 0) is 40.3 Å². The number of nitrogens with one attached hydrogen (secondary N) is 4. The Bertz CT molecular complexity index is 2770. The zero-order valence-corrected chi connectivity index (χ0v) is 30.3. The van der Waals surface area contributed by atoms with Crippen LogP contribution in [0.15, 0.2) is 129 Å². The van der Waals surface area contributed by atoms with Gasteiger partial charge in [0.05, 0.1) is 21.2 Å². The Kier molecular flexibility index (Phi) is 9.64. The molecule has 6 aromatic carbocycles. The van der Waals surface area contributed by atoms with Gasteiger partial charge in [0.2, 0.25) is 0 Å². The molecule has 2 amide bonds. The van der Waals surface area contributed by atoms with E-state index in [1.54, 1.807) is 0 Å². The number of benzene rings is 6. The maximum atomic E-state index is 13.3. The molecule has 280 valence electrons. The Balaban J connectivity index is 1.21. The zero-order valence-electron chi connectivity index (χ0n) is 27.0. The number of aromatic hydroxyl groups is 2. The van der Waals surface area contributed by atoms with Gasteiger partial charge in [-0.3, -0.25) is 18.5 Å². The van der Waals surface area contributed by atoms with Gasteiger partial charge < -0.3 is 20.8 Å². The average molecular weight is 815 g/mol. The van der Waals surface area contributed by atoms with Crippen LogP contribution in [0.2, 0.25) is 0 Å². The predicted molar refractivity (Wildman–Crippen MR) is 198 cm³/mol. The molecule has 54 heavy (non-hydrogen) atoms. The van der Waals surface area contributed by atoms with E-state index in [0.29, 0.717) is 0 Å². The topological polar surface area (TPSA) is 283 Å². The Morgan fingerprint density at radius 2 is 0.852 bits per heavy atom. The molecule has 0 heterocycles. The van der Waals surface area contributed by atoms with Gasteiger partial charge in [-0.15, -0.1) is 0 Å². The lowest BCUT2D eigenvalue weighted by Crippen LogP contribution is -2.21. The Hall–Kier alpha value is -5.97. The minimum absolute atomic E-state index is 0.0701. The summed E-state index contributed by atoms with van der Waals surface area (Å²) in [6.07, 6.45) is 0. The van der Waals surface area contributed by atoms with E-state index >= 15 is 0 Å². The van der Waals surface area contributed by atoms with E-state index in [4.69, 9.17) is 0 Å². The number of phenolic OH excluding ortho intramolecular Hbond substituents is 2. The van der Waals surface area contributed by atoms with Crippen molar-refractivity contribution in [2.45, 2.75) is 19.6 Å². The van der Waals surface area contributed by atoms with E-state index in [9.17, 15) is 57.8 Å². The average Bonchev–Trinajstić information content (AvgIpc) is 3.06. The van der Waals surface area contributed by atoms with Crippen molar-refractivity contribution in [1.29, 1.82) is 0 Å². The van der Waals surface area contributed by atoms with Gasteiger partial charge >= 0.3 is 6.03 Å². The summed E-state index contributed by atoms with van der Waals surface area (Å²) in [6.45, 7) is 0. The molecule has 6 rings (SSSR count). The van der Waals surface area contributed by atoms with E-state index in [0.717, 1.165) is 48.5 Å². The number of sulfonamides is 2. The molecular formula is C33H26N4O13S4. The van der Waals surface area contributed by atoms with Crippen LogP contribution in [0.4, 0.5) is 27.5 Å². The molecule has 6 aromatic rings. The van der Waals surface area contributed by atoms with Gasteiger partial charge in [-0.1, -0.05) is 24.3 Å². The highest BCUT2D eigenvalue weighted by Crippen LogP contribution is 2.33. The van der Waals surface area contributed by atoms with E-state index in [2.05, 4.69) is 20.1 Å². The maximum Gasteiger partial charge on any atom is 0.323 e. The van der Waals surface area contributed by atoms with E-state index in [1.165, 1.54) is 60.7 Å². The summed E-state index contributed by atoms with van der Waals surface area (Å²) in [4.78, 5) is 10.5. The predicted octanol–water partition coefficient (Wildman–Crippen LogP) is 5.14. The molecule has 8 N–H and O–H groups in total. The van der Waals surface area contributed by atoms with Crippen LogP contribution in [0, 0.1) is 0 Å². The fourth-order valence-corrected chi connectivity index (χ4v) is 8.99. The molecule has 0 bridgehead atoms. The second-order valence-electron chi connectivity index (χ2n) is 11.6. The van der Waals surface area contributed by atoms with E-state index in [1.807, 2.05) is 0 Å². The van der Waals surface area contributed by atoms with Crippen LogP contribution in [0.1, 0.15) is 0 Å². The summed E-state index contributed by atoms with van der Waals surface area (Å²) in [7, 11) is -19.0. The molecule has 21 heteroatoms. The lowest BCUT2D eigenvalue weighted by atomic mass is 10.1. The monoisotopic (exact) mass is 814 g/mol. The van der Waals surface area contributed by atoms with Crippen molar-refractivity contribution in [3.8, 4) is 11.5 Å². The third-order valence-corrected chi connectivity index (χ3v) is 12.2. The summed E-state index contributed by atoms with van der Waals surface area (Å²) in [6, 6.07) is 20.6. The first kappa shape index (κ1) is 37.8. The van der Waals surface area contributed by atoms with Gasteiger partial charge in [0, 0.05) is 11.4 Å². The van der Waals surface area contributed by atoms with E-state index in [-0.39, 0.29) is 44.4 Å². The van der Waals surface area contributed by atoms with Crippen molar-refractivity contribution in [3.63, 3.8) is 0 Å². The third-order valence-electron chi connectivity index (χ3n) is 7.69. The molecule has 17 nitrogen and oxygen atoms in total. The molecule has 0 aliphatic heterocycles. The number of rotatable bonds is 10. The van der Waals surface area contributed by atoms with Crippen molar-refractivity contribution in [2.24, 2.45) is 0 Å². The second-order valence-corrected chi connectivity index (χ2v) is 17.7. The second kappa shape index (κ2) is 13.8. The first-order valence-electron chi connectivity index (χ1n) is 15.0. The van der Waals surface area contributed by atoms with Crippen molar-refractivity contribution < 1.29 is 57.8 Å². The lowest BCUT2D eigenvalue weighted by Gasteiger charge is -2.14. The number of anilines is 4. The molecule has 0 aliphatic rings. The summed E-state index contributed by atoms with van der Waals surface area (Å²) in [5.74, 6) is -0.369. The molecule has 0 spiro atoms. The molecule has 0 atom stereocenters. The third kappa shape index (κ3) is 8.30. The van der Waals surface area contributed by atoms with Crippen molar-refractivity contribution in [1.82, 2.24) is 0 Å². The number of phenols is 2. The smallest absolute Gasteiger partial charge is 0.323 e. The minimum Gasteiger partial charge on any atom is -0.508 e. The summed E-state index contributed by atoms with van der Waals surface area (Å²) >= 11 is 0. The number of urea groups is 1. The standard InChI is InChI=1S/C33H26N4O13S4/c38-25-9-7-19-15-31(53(45,46)47)29(13-21(19)11-25)36-51(41,42)27-5-1-3-23(17-27)34-33(40)35-24-4-2-6-28(18-24)52(43,44)37-30-14-22-12-26(39)10-8-20(22)16-32(30)54(48,49)50/h1-18,36-39H,(H2,34,35,40)(H,45,46,47)(H,48,49,50). The molecular weight excluding hydrogens is 789 g/mol. The number of amides is 2. The highest BCUT2D eigenvalue weighted by molar-refractivity contribution is 7.93. The number of fused-ring (bicyclic) bond motifs is 2. The van der Waals surface area contributed by atoms with Crippen molar-refractivity contribution in [2.75, 3.05) is 20.1 Å². The number of hydrogen-bond donors (Lipinski definition) is 8. The number of hydrogen-bond acceptors (Lipinski definition) is 11. The van der Waals surface area contributed by atoms with Crippen molar-refractivity contribution >= 4 is 90.6 Å². The van der Waals surface area contributed by atoms with Gasteiger partial charge in [-0.25, -0.2) is 21.6 Å². The summed E-state index contributed by atoms with van der Waals surface area (Å²) in [5, 5.41) is 25.5. The highest BCUT2D eigenvalue weighted by atomic mass is 32.2. The van der Waals surface area contributed by atoms with Crippen LogP contribution in [0.3, 0.4) is 0 Å². The largest absolute Gasteiger partial charge is 0.508 e. The first-order chi connectivity index (χ1) is 25.2. The van der Waals surface area contributed by atoms with E-state index < -0.39 is 77.3 Å². The van der Waals surface area contributed by atoms with Gasteiger partial charge in [0.25, 0.3) is 40.3 Å². The zero-order chi connectivity index (χ0) is 39.2. The molecule has 0 unspecified atom stereocenters. The number of carbonyl (C=O) groups is 1. The van der Waals surface area contributed by atoms with Crippen LogP contribution in [-0.4, -0.2) is 59.0 Å². The minimum atomic E-state index is -4.93. The maximum absolute atomic E-state index is 13.3. The fourth-order valence-electron chi connectivity index (χ4n) is 5.30. The van der Waals surface area contributed by atoms with Crippen LogP contribution < -0.4 is 20.1 Å². The van der Waals surface area contributed by atoms with Crippen LogP contribution in [0.5, 0.6) is 11.5 Å². The Morgan fingerprint density at radius 3 is 1.22 bits per heavy atom. The fraction of sp³-hybridized carbons (Fsp3) is 0. The molecule has 0 saturated carbocycles. The van der Waals surface area contributed by atoms with Gasteiger partial charge in [0.15, 0.2) is 0 Å². The number of carbonyl (C=O) groups excluding carboxylic acids is 1. The molecule has 0 aliphatic carbocycles. The quantitative estimate of drug-likeness (QED) is 0.0833. The van der Waals surface area contributed by atoms with Crippen molar-refractivity contribution in [3.05, 3.63) is 109 Å². The van der Waals surface area contributed by atoms with Gasteiger partial charge in [-0.05, 0) is 106 Å². The first-order valence-corrected chi connectivity index (χ1v) is 20.8. The highest BCUT2D eigenvalue weighted by Gasteiger charge is 2.25. The van der Waals surface area contributed by atoms with Gasteiger partial charge in [0.1, 0.15) is 21.3 Å². The SMILES string of the molecule is O=C(Nc1cccc(S(=O)(=O)Nc2cc3cc(O)ccc3cc2S(=O)(=O)O)c1)Nc1cccc(S(=O)(=O)Nc2cc3cc(O)ccc3cc2S(=O)(=O)O)c1. The van der Waals surface area contributed by atoms with Crippen LogP contribution >= 0.6 is 0 Å². The molecule has 0 saturated heterocycles. The summed E-state index contributed by atoms with van der Waals surface area (Å²) in [5.41, 5.74) is -1.19. The van der Waals surface area contributed by atoms with Gasteiger partial charge in [-0.2, -0.15) is 16.8 Å². The Labute approximate surface area is 307 Å². The Morgan fingerprint density at radius 1 is 0.463 bits per heavy atom.